The molecule has 5 aliphatic rings. The quantitative estimate of drug-likeness (QED) is 0.181. The highest BCUT2D eigenvalue weighted by Gasteiger charge is 2.46. The molecule has 21 heteroatoms. The van der Waals surface area contributed by atoms with Crippen LogP contribution in [-0.2, 0) is 26.2 Å². The minimum Gasteiger partial charge on any atom is -0.354 e. The summed E-state index contributed by atoms with van der Waals surface area (Å²) >= 11 is 3.53. The number of imide groups is 2. The molecule has 1 aliphatic carbocycles. The Morgan fingerprint density at radius 3 is 2.41 bits per heavy atom. The van der Waals surface area contributed by atoms with Crippen LogP contribution in [0.25, 0.3) is 22.3 Å². The van der Waals surface area contributed by atoms with Crippen molar-refractivity contribution in [1.82, 2.24) is 53.9 Å². The van der Waals surface area contributed by atoms with E-state index < -0.39 is 39.7 Å². The number of piperidine rings is 2. The van der Waals surface area contributed by atoms with Gasteiger partial charge in [0.1, 0.15) is 17.7 Å². The fraction of sp³-hybridized carbons (Fsp3) is 0.452. The highest BCUT2D eigenvalue weighted by Crippen LogP contribution is 2.36. The van der Waals surface area contributed by atoms with E-state index in [1.54, 1.807) is 18.3 Å². The number of nitrogens with zero attached hydrogens (tertiary/aromatic N) is 11. The topological polar surface area (TPSA) is 214 Å². The fourth-order valence-corrected chi connectivity index (χ4v) is 11.3. The largest absolute Gasteiger partial charge is 0.354 e. The van der Waals surface area contributed by atoms with Crippen LogP contribution in [0, 0.1) is 0 Å². The molecular formula is C42H46BrN13O6S. The highest BCUT2D eigenvalue weighted by atomic mass is 79.9. The van der Waals surface area contributed by atoms with Crippen LogP contribution in [0.5, 0.6) is 0 Å². The van der Waals surface area contributed by atoms with E-state index in [2.05, 4.69) is 70.2 Å². The Bertz CT molecular complexity index is 2790. The SMILES string of the molecule is CC(C)n1nc(N2CCC(N3CCN(Cc4cc(Br)c5c(c4)C(=O)N(C4CCC(=O)NC4=O)C5=O)CC3)CC2)c2cnc(Nc3ccnc(-c4cnn(S(=O)(=O)C5CC5)c4)n3)cc21. The van der Waals surface area contributed by atoms with Crippen molar-refractivity contribution < 1.29 is 27.6 Å². The van der Waals surface area contributed by atoms with Crippen LogP contribution < -0.4 is 15.5 Å². The number of aromatic nitrogens is 7. The molecule has 1 aromatic carbocycles. The summed E-state index contributed by atoms with van der Waals surface area (Å²) in [6.07, 6.45) is 9.89. The Morgan fingerprint density at radius 1 is 0.905 bits per heavy atom. The van der Waals surface area contributed by atoms with E-state index in [-0.39, 0.29) is 35.3 Å². The van der Waals surface area contributed by atoms with Crippen molar-refractivity contribution in [3.05, 3.63) is 70.2 Å². The molecule has 19 nitrogen and oxygen atoms in total. The number of fused-ring (bicyclic) bond motifs is 2. The molecule has 63 heavy (non-hydrogen) atoms. The van der Waals surface area contributed by atoms with Crippen molar-refractivity contribution in [2.24, 2.45) is 0 Å². The van der Waals surface area contributed by atoms with Gasteiger partial charge in [-0.05, 0) is 85.6 Å². The van der Waals surface area contributed by atoms with Crippen molar-refractivity contribution in [1.29, 1.82) is 0 Å². The molecule has 2 N–H and O–H groups in total. The van der Waals surface area contributed by atoms with Crippen LogP contribution in [-0.4, -0.2) is 137 Å². The van der Waals surface area contributed by atoms with Crippen LogP contribution >= 0.6 is 15.9 Å². The van der Waals surface area contributed by atoms with Crippen molar-refractivity contribution >= 4 is 77.9 Å². The Balaban J connectivity index is 0.756. The van der Waals surface area contributed by atoms with Gasteiger partial charge in [0.05, 0.1) is 45.2 Å². The molecule has 328 valence electrons. The van der Waals surface area contributed by atoms with Gasteiger partial charge in [0, 0.05) is 87.3 Å². The van der Waals surface area contributed by atoms with Gasteiger partial charge in [0.25, 0.3) is 21.8 Å². The maximum absolute atomic E-state index is 13.5. The van der Waals surface area contributed by atoms with Gasteiger partial charge < -0.3 is 10.2 Å². The Morgan fingerprint density at radius 2 is 1.68 bits per heavy atom. The summed E-state index contributed by atoms with van der Waals surface area (Å²) < 4.78 is 28.9. The van der Waals surface area contributed by atoms with Gasteiger partial charge in [-0.1, -0.05) is 0 Å². The Hall–Kier alpha value is -5.64. The molecule has 0 radical (unpaired) electrons. The molecule has 3 saturated heterocycles. The zero-order valence-electron chi connectivity index (χ0n) is 34.8. The number of benzene rings is 1. The Labute approximate surface area is 371 Å². The predicted molar refractivity (Wildman–Crippen MR) is 235 cm³/mol. The molecule has 0 spiro atoms. The molecule has 4 amide bonds. The molecule has 4 aromatic heterocycles. The van der Waals surface area contributed by atoms with Gasteiger partial charge in [0.2, 0.25) is 11.8 Å². The molecule has 4 aliphatic heterocycles. The molecule has 8 heterocycles. The second kappa shape index (κ2) is 16.2. The number of carbonyl (C=O) groups is 4. The van der Waals surface area contributed by atoms with E-state index in [4.69, 9.17) is 10.1 Å². The zero-order chi connectivity index (χ0) is 43.7. The highest BCUT2D eigenvalue weighted by molar-refractivity contribution is 9.10. The molecular weight excluding hydrogens is 895 g/mol. The van der Waals surface area contributed by atoms with E-state index in [1.165, 1.54) is 12.4 Å². The van der Waals surface area contributed by atoms with E-state index in [0.717, 1.165) is 83.4 Å². The predicted octanol–water partition coefficient (Wildman–Crippen LogP) is 3.70. The number of amides is 4. The van der Waals surface area contributed by atoms with E-state index in [9.17, 15) is 27.6 Å². The minimum absolute atomic E-state index is 0.0749. The summed E-state index contributed by atoms with van der Waals surface area (Å²) in [6.45, 7) is 10.1. The molecule has 4 fully saturated rings. The summed E-state index contributed by atoms with van der Waals surface area (Å²) in [5.41, 5.74) is 2.90. The average Bonchev–Trinajstić information content (AvgIpc) is 3.81. The first-order valence-corrected chi connectivity index (χ1v) is 23.6. The zero-order valence-corrected chi connectivity index (χ0v) is 37.2. The van der Waals surface area contributed by atoms with Gasteiger partial charge in [-0.15, -0.1) is 0 Å². The van der Waals surface area contributed by atoms with Crippen molar-refractivity contribution in [2.75, 3.05) is 49.5 Å². The number of pyridine rings is 1. The third-order valence-electron chi connectivity index (χ3n) is 12.6. The summed E-state index contributed by atoms with van der Waals surface area (Å²) in [5, 5.41) is 15.3. The second-order valence-electron chi connectivity index (χ2n) is 17.2. The van der Waals surface area contributed by atoms with E-state index in [0.29, 0.717) is 52.9 Å². The molecule has 1 saturated carbocycles. The van der Waals surface area contributed by atoms with Gasteiger partial charge in [-0.2, -0.15) is 14.3 Å². The van der Waals surface area contributed by atoms with Crippen LogP contribution in [0.15, 0.2) is 53.5 Å². The van der Waals surface area contributed by atoms with Gasteiger partial charge >= 0.3 is 0 Å². The number of anilines is 3. The molecule has 10 rings (SSSR count). The number of halogens is 1. The first kappa shape index (κ1) is 41.4. The third kappa shape index (κ3) is 7.77. The van der Waals surface area contributed by atoms with Gasteiger partial charge in [-0.3, -0.25) is 43.9 Å². The summed E-state index contributed by atoms with van der Waals surface area (Å²) in [4.78, 5) is 73.1. The number of carbonyl (C=O) groups excluding carboxylic acids is 4. The first-order valence-electron chi connectivity index (χ1n) is 21.4. The van der Waals surface area contributed by atoms with Crippen LogP contribution in [0.4, 0.5) is 17.5 Å². The van der Waals surface area contributed by atoms with Gasteiger partial charge in [0.15, 0.2) is 11.6 Å². The first-order chi connectivity index (χ1) is 30.3. The lowest BCUT2D eigenvalue weighted by atomic mass is 10.0. The molecule has 1 unspecified atom stereocenters. The summed E-state index contributed by atoms with van der Waals surface area (Å²) in [7, 11) is -3.50. The summed E-state index contributed by atoms with van der Waals surface area (Å²) in [5.74, 6) is 0.315. The normalized spacial score (nSPS) is 20.6. The number of hydrogen-bond acceptors (Lipinski definition) is 15. The second-order valence-corrected chi connectivity index (χ2v) is 20.1. The van der Waals surface area contributed by atoms with Crippen molar-refractivity contribution in [3.63, 3.8) is 0 Å². The number of rotatable bonds is 11. The lowest BCUT2D eigenvalue weighted by molar-refractivity contribution is -0.136. The maximum atomic E-state index is 13.5. The van der Waals surface area contributed by atoms with Crippen LogP contribution in [0.3, 0.4) is 0 Å². The van der Waals surface area contributed by atoms with Crippen LogP contribution in [0.2, 0.25) is 0 Å². The van der Waals surface area contributed by atoms with E-state index in [1.807, 2.05) is 23.0 Å². The fourth-order valence-electron chi connectivity index (χ4n) is 9.17. The molecule has 0 bridgehead atoms. The molecule has 1 atom stereocenters. The van der Waals surface area contributed by atoms with Crippen molar-refractivity contribution in [3.8, 4) is 11.4 Å². The lowest BCUT2D eigenvalue weighted by Gasteiger charge is -2.43. The standard InChI is InChI=1S/C42H46BrN13O6S/c1-24(2)56-33-19-35(47-34-7-10-44-38(48-34)26-20-46-54(23-26)63(61,62)28-3-4-28)45-21-30(33)39(50-56)53-11-8-27(9-12-53)52-15-13-51(14-16-52)22-25-17-29-37(31(43)18-25)42(60)55(41(29)59)32-5-6-36(57)49-40(32)58/h7,10,17-21,23-24,27-28,32H,3-6,8-9,11-16,22H2,1-2H3,(H,49,57,58)(H,44,45,47,48). The number of hydrogen-bond donors (Lipinski definition) is 2. The lowest BCUT2D eigenvalue weighted by Crippen LogP contribution is -2.54. The smallest absolute Gasteiger partial charge is 0.263 e. The Kier molecular flexibility index (Phi) is 10.6. The van der Waals surface area contributed by atoms with Crippen molar-refractivity contribution in [2.45, 2.75) is 82.3 Å². The summed E-state index contributed by atoms with van der Waals surface area (Å²) in [6, 6.07) is 6.92. The average molecular weight is 941 g/mol. The number of nitrogens with one attached hydrogen (secondary N) is 2. The van der Waals surface area contributed by atoms with E-state index >= 15 is 0 Å². The van der Waals surface area contributed by atoms with Gasteiger partial charge in [-0.25, -0.2) is 23.4 Å². The monoisotopic (exact) mass is 939 g/mol. The number of piperazine rings is 1. The third-order valence-corrected chi connectivity index (χ3v) is 15.3. The maximum Gasteiger partial charge on any atom is 0.263 e. The molecule has 5 aromatic rings. The van der Waals surface area contributed by atoms with Crippen LogP contribution in [0.1, 0.15) is 84.7 Å². The minimum atomic E-state index is -3.50.